The van der Waals surface area contributed by atoms with Gasteiger partial charge in [-0.05, 0) is 24.8 Å². The van der Waals surface area contributed by atoms with E-state index in [0.29, 0.717) is 12.0 Å². The molecule has 0 radical (unpaired) electrons. The van der Waals surface area contributed by atoms with Crippen LogP contribution in [0.3, 0.4) is 0 Å². The molecule has 1 aromatic rings. The molecule has 3 nitrogen and oxygen atoms in total. The Morgan fingerprint density at radius 1 is 1.39 bits per heavy atom. The van der Waals surface area contributed by atoms with E-state index in [2.05, 4.69) is 6.92 Å². The van der Waals surface area contributed by atoms with E-state index >= 15 is 0 Å². The van der Waals surface area contributed by atoms with E-state index in [9.17, 15) is 5.21 Å². The molecule has 0 amide bonds. The average Bonchev–Trinajstić information content (AvgIpc) is 2.38. The Labute approximate surface area is 113 Å². The number of nitrogens with zero attached hydrogens (tertiary/aromatic N) is 1. The molecule has 4 heteroatoms. The van der Waals surface area contributed by atoms with Crippen LogP contribution in [0.5, 0.6) is 0 Å². The molecule has 0 aromatic carbocycles. The summed E-state index contributed by atoms with van der Waals surface area (Å²) in [5.41, 5.74) is 0. The van der Waals surface area contributed by atoms with E-state index < -0.39 is 0 Å². The smallest absolute Gasteiger partial charge is 0.251 e. The van der Waals surface area contributed by atoms with E-state index in [0.717, 1.165) is 22.1 Å². The minimum atomic E-state index is 0.425. The monoisotopic (exact) mass is 267 g/mol. The molecule has 18 heavy (non-hydrogen) atoms. The van der Waals surface area contributed by atoms with Crippen molar-refractivity contribution in [3.05, 3.63) is 29.6 Å². The highest BCUT2D eigenvalue weighted by Crippen LogP contribution is 2.26. The second-order valence-corrected chi connectivity index (χ2v) is 6.00. The summed E-state index contributed by atoms with van der Waals surface area (Å²) in [5.74, 6) is 1.53. The van der Waals surface area contributed by atoms with E-state index in [1.165, 1.54) is 31.9 Å². The zero-order chi connectivity index (χ0) is 12.8. The highest BCUT2D eigenvalue weighted by atomic mass is 32.2. The first-order valence-corrected chi connectivity index (χ1v) is 7.68. The van der Waals surface area contributed by atoms with Gasteiger partial charge in [0.15, 0.2) is 6.20 Å². The third-order valence-electron chi connectivity index (χ3n) is 3.49. The van der Waals surface area contributed by atoms with Crippen LogP contribution in [-0.2, 0) is 4.74 Å². The van der Waals surface area contributed by atoms with Crippen molar-refractivity contribution in [2.24, 2.45) is 5.92 Å². The summed E-state index contributed by atoms with van der Waals surface area (Å²) in [6.45, 7) is 3.01. The van der Waals surface area contributed by atoms with Crippen molar-refractivity contribution in [2.45, 2.75) is 43.7 Å². The number of thioether (sulfide) groups is 1. The molecule has 0 saturated heterocycles. The third-order valence-corrected chi connectivity index (χ3v) is 4.47. The summed E-state index contributed by atoms with van der Waals surface area (Å²) in [4.78, 5) is 0. The molecule has 2 rings (SSSR count). The van der Waals surface area contributed by atoms with Crippen LogP contribution >= 0.6 is 11.8 Å². The van der Waals surface area contributed by atoms with Crippen LogP contribution in [0.4, 0.5) is 0 Å². The van der Waals surface area contributed by atoms with Crippen molar-refractivity contribution in [2.75, 3.05) is 12.4 Å². The largest absolute Gasteiger partial charge is 0.618 e. The summed E-state index contributed by atoms with van der Waals surface area (Å²) < 4.78 is 6.84. The van der Waals surface area contributed by atoms with Crippen LogP contribution in [0.15, 0.2) is 29.4 Å². The molecule has 0 aliphatic heterocycles. The predicted molar refractivity (Wildman–Crippen MR) is 73.5 cm³/mol. The highest BCUT2D eigenvalue weighted by molar-refractivity contribution is 7.99. The van der Waals surface area contributed by atoms with Gasteiger partial charge in [0, 0.05) is 17.9 Å². The summed E-state index contributed by atoms with van der Waals surface area (Å²) in [7, 11) is 0. The van der Waals surface area contributed by atoms with Gasteiger partial charge in [-0.1, -0.05) is 31.5 Å². The number of aromatic nitrogens is 1. The Hall–Kier alpha value is -0.740. The molecule has 1 aliphatic carbocycles. The first-order chi connectivity index (χ1) is 8.77. The Morgan fingerprint density at radius 2 is 2.22 bits per heavy atom. The zero-order valence-electron chi connectivity index (χ0n) is 10.9. The Balaban J connectivity index is 1.68. The third kappa shape index (κ3) is 3.89. The summed E-state index contributed by atoms with van der Waals surface area (Å²) in [6, 6.07) is 5.49. The first-order valence-electron chi connectivity index (χ1n) is 6.70. The molecule has 1 fully saturated rings. The van der Waals surface area contributed by atoms with Crippen LogP contribution in [0.25, 0.3) is 0 Å². The van der Waals surface area contributed by atoms with Crippen molar-refractivity contribution >= 4 is 11.8 Å². The van der Waals surface area contributed by atoms with Crippen LogP contribution in [0.1, 0.15) is 32.6 Å². The van der Waals surface area contributed by atoms with Gasteiger partial charge in [-0.2, -0.15) is 4.73 Å². The van der Waals surface area contributed by atoms with Gasteiger partial charge in [0.1, 0.15) is 0 Å². The summed E-state index contributed by atoms with van der Waals surface area (Å²) in [5, 5.41) is 12.2. The van der Waals surface area contributed by atoms with Gasteiger partial charge in [0.25, 0.3) is 5.03 Å². The zero-order valence-corrected chi connectivity index (χ0v) is 11.7. The molecule has 1 aromatic heterocycles. The SMILES string of the molecule is C[C@@H]1CCCC[C@@H]1OCCSc1cccc[n+]1[O-]. The fraction of sp³-hybridized carbons (Fsp3) is 0.643. The van der Waals surface area contributed by atoms with E-state index in [1.807, 2.05) is 12.1 Å². The van der Waals surface area contributed by atoms with E-state index in [-0.39, 0.29) is 0 Å². The molecule has 0 N–H and O–H groups in total. The second-order valence-electron chi connectivity index (χ2n) is 4.88. The van der Waals surface area contributed by atoms with Gasteiger partial charge in [-0.15, -0.1) is 0 Å². The molecule has 0 unspecified atom stereocenters. The quantitative estimate of drug-likeness (QED) is 0.356. The second kappa shape index (κ2) is 7.00. The molecule has 1 saturated carbocycles. The fourth-order valence-corrected chi connectivity index (χ4v) is 3.15. The first kappa shape index (κ1) is 13.7. The van der Waals surface area contributed by atoms with Crippen molar-refractivity contribution in [3.8, 4) is 0 Å². The minimum Gasteiger partial charge on any atom is -0.618 e. The van der Waals surface area contributed by atoms with Crippen molar-refractivity contribution < 1.29 is 9.47 Å². The maximum Gasteiger partial charge on any atom is 0.251 e. The predicted octanol–water partition coefficient (Wildman–Crippen LogP) is 3.01. The maximum atomic E-state index is 11.4. The molecule has 1 aliphatic rings. The molecular weight excluding hydrogens is 246 g/mol. The lowest BCUT2D eigenvalue weighted by Crippen LogP contribution is -2.28. The molecular formula is C14H21NO2S. The van der Waals surface area contributed by atoms with Gasteiger partial charge in [-0.3, -0.25) is 0 Å². The van der Waals surface area contributed by atoms with Crippen LogP contribution in [0, 0.1) is 11.1 Å². The Morgan fingerprint density at radius 3 is 3.00 bits per heavy atom. The topological polar surface area (TPSA) is 36.2 Å². The lowest BCUT2D eigenvalue weighted by atomic mass is 9.88. The van der Waals surface area contributed by atoms with Gasteiger partial charge in [0.05, 0.1) is 12.7 Å². The number of hydrogen-bond donors (Lipinski definition) is 0. The molecule has 2 atom stereocenters. The van der Waals surface area contributed by atoms with Crippen molar-refractivity contribution in [1.29, 1.82) is 0 Å². The van der Waals surface area contributed by atoms with Gasteiger partial charge in [-0.25, -0.2) is 0 Å². The Bertz CT molecular complexity index is 373. The maximum absolute atomic E-state index is 11.4. The Kier molecular flexibility index (Phi) is 5.32. The summed E-state index contributed by atoms with van der Waals surface area (Å²) >= 11 is 1.56. The van der Waals surface area contributed by atoms with Gasteiger partial charge < -0.3 is 9.94 Å². The van der Waals surface area contributed by atoms with Gasteiger partial charge >= 0.3 is 0 Å². The van der Waals surface area contributed by atoms with Crippen LogP contribution in [-0.4, -0.2) is 18.5 Å². The molecule has 1 heterocycles. The minimum absolute atomic E-state index is 0.425. The van der Waals surface area contributed by atoms with Crippen molar-refractivity contribution in [1.82, 2.24) is 0 Å². The molecule has 100 valence electrons. The normalized spacial score (nSPS) is 24.1. The van der Waals surface area contributed by atoms with Crippen LogP contribution < -0.4 is 4.73 Å². The number of ether oxygens (including phenoxy) is 1. The van der Waals surface area contributed by atoms with E-state index in [1.54, 1.807) is 17.8 Å². The van der Waals surface area contributed by atoms with Gasteiger partial charge in [0.2, 0.25) is 0 Å². The van der Waals surface area contributed by atoms with Crippen LogP contribution in [0.2, 0.25) is 0 Å². The number of pyridine rings is 1. The van der Waals surface area contributed by atoms with Crippen molar-refractivity contribution in [3.63, 3.8) is 0 Å². The lowest BCUT2D eigenvalue weighted by Gasteiger charge is -2.28. The number of rotatable bonds is 5. The standard InChI is InChI=1S/C14H21NO2S/c1-12-6-2-3-7-13(12)17-10-11-18-14-8-4-5-9-15(14)16/h4-5,8-9,12-13H,2-3,6-7,10-11H2,1H3/t12-,13+/m1/s1. The van der Waals surface area contributed by atoms with E-state index in [4.69, 9.17) is 4.74 Å². The average molecular weight is 267 g/mol. The fourth-order valence-electron chi connectivity index (χ4n) is 2.40. The highest BCUT2D eigenvalue weighted by Gasteiger charge is 2.21. The number of hydrogen-bond acceptors (Lipinski definition) is 3. The molecule has 0 bridgehead atoms. The molecule has 0 spiro atoms. The lowest BCUT2D eigenvalue weighted by molar-refractivity contribution is -0.645. The summed E-state index contributed by atoms with van der Waals surface area (Å²) in [6.07, 6.45) is 7.08.